The first kappa shape index (κ1) is 18.4. The van der Waals surface area contributed by atoms with E-state index in [9.17, 15) is 4.79 Å². The monoisotopic (exact) mass is 342 g/mol. The molecule has 3 nitrogen and oxygen atoms in total. The number of hydrogen-bond acceptors (Lipinski definition) is 2. The lowest BCUT2D eigenvalue weighted by molar-refractivity contribution is -0.110. The molecular weight excluding hydrogens is 308 g/mol. The summed E-state index contributed by atoms with van der Waals surface area (Å²) in [5.74, 6) is 0.847. The van der Waals surface area contributed by atoms with E-state index in [1.54, 1.807) is 11.1 Å². The first-order valence-electron chi connectivity index (χ1n) is 10.1. The fourth-order valence-corrected chi connectivity index (χ4v) is 4.36. The van der Waals surface area contributed by atoms with Gasteiger partial charge in [0.25, 0.3) is 0 Å². The number of hydrogen-bond donors (Lipinski definition) is 1. The summed E-state index contributed by atoms with van der Waals surface area (Å²) in [6.07, 6.45) is 18.9. The van der Waals surface area contributed by atoms with Crippen LogP contribution >= 0.6 is 0 Å². The van der Waals surface area contributed by atoms with Crippen LogP contribution in [0.1, 0.15) is 58.8 Å². The smallest absolute Gasteiger partial charge is 0.207 e. The number of carbonyl (C=O) groups is 1. The Morgan fingerprint density at radius 1 is 1.08 bits per heavy atom. The van der Waals surface area contributed by atoms with Crippen molar-refractivity contribution in [2.75, 3.05) is 19.6 Å². The summed E-state index contributed by atoms with van der Waals surface area (Å²) in [7, 11) is 0. The van der Waals surface area contributed by atoms with Gasteiger partial charge in [0.05, 0.1) is 0 Å². The molecular formula is C22H34N2O. The number of carbonyl (C=O) groups excluding carboxylic acids is 1. The topological polar surface area (TPSA) is 32.3 Å². The van der Waals surface area contributed by atoms with Crippen molar-refractivity contribution in [2.24, 2.45) is 11.3 Å². The molecule has 25 heavy (non-hydrogen) atoms. The van der Waals surface area contributed by atoms with Crippen LogP contribution in [0.3, 0.4) is 0 Å². The van der Waals surface area contributed by atoms with Gasteiger partial charge >= 0.3 is 0 Å². The maximum Gasteiger partial charge on any atom is 0.207 e. The average Bonchev–Trinajstić information content (AvgIpc) is 2.88. The summed E-state index contributed by atoms with van der Waals surface area (Å²) < 4.78 is 0. The van der Waals surface area contributed by atoms with Gasteiger partial charge in [-0.2, -0.15) is 0 Å². The lowest BCUT2D eigenvalue weighted by Crippen LogP contribution is -2.33. The van der Waals surface area contributed by atoms with Gasteiger partial charge in [-0.15, -0.1) is 0 Å². The fourth-order valence-electron chi connectivity index (χ4n) is 4.36. The summed E-state index contributed by atoms with van der Waals surface area (Å²) in [4.78, 5) is 13.2. The average molecular weight is 343 g/mol. The van der Waals surface area contributed by atoms with E-state index in [1.165, 1.54) is 51.7 Å². The van der Waals surface area contributed by atoms with Gasteiger partial charge in [0.1, 0.15) is 0 Å². The predicted molar refractivity (Wildman–Crippen MR) is 104 cm³/mol. The Labute approximate surface area is 153 Å². The van der Waals surface area contributed by atoms with Crippen LogP contribution < -0.4 is 5.32 Å². The SMILES string of the molecule is CC1(C)C=CC2=C(C=C1)CCN(CCC1CCC(NC=O)CC1)CC2. The molecule has 3 rings (SSSR count). The minimum atomic E-state index is 0.184. The van der Waals surface area contributed by atoms with Crippen molar-refractivity contribution >= 4 is 6.41 Å². The van der Waals surface area contributed by atoms with Crippen LogP contribution in [-0.2, 0) is 4.79 Å². The highest BCUT2D eigenvalue weighted by atomic mass is 16.1. The first-order valence-corrected chi connectivity index (χ1v) is 10.1. The molecule has 0 unspecified atom stereocenters. The molecule has 1 saturated carbocycles. The van der Waals surface area contributed by atoms with E-state index in [1.807, 2.05) is 0 Å². The number of rotatable bonds is 5. The third-order valence-electron chi connectivity index (χ3n) is 6.24. The Balaban J connectivity index is 1.44. The van der Waals surface area contributed by atoms with E-state index < -0.39 is 0 Å². The highest BCUT2D eigenvalue weighted by Gasteiger charge is 2.22. The molecule has 3 heteroatoms. The predicted octanol–water partition coefficient (Wildman–Crippen LogP) is 4.23. The van der Waals surface area contributed by atoms with E-state index in [2.05, 4.69) is 48.4 Å². The molecule has 0 atom stereocenters. The molecule has 1 aliphatic heterocycles. The lowest BCUT2D eigenvalue weighted by atomic mass is 9.84. The highest BCUT2D eigenvalue weighted by Crippen LogP contribution is 2.31. The van der Waals surface area contributed by atoms with Crippen LogP contribution in [0.15, 0.2) is 35.5 Å². The van der Waals surface area contributed by atoms with Crippen molar-refractivity contribution in [1.29, 1.82) is 0 Å². The lowest BCUT2D eigenvalue weighted by Gasteiger charge is -2.30. The molecule has 0 radical (unpaired) electrons. The van der Waals surface area contributed by atoms with E-state index in [0.717, 1.165) is 25.2 Å². The van der Waals surface area contributed by atoms with Crippen molar-refractivity contribution in [3.05, 3.63) is 35.5 Å². The number of nitrogens with zero attached hydrogens (tertiary/aromatic N) is 1. The van der Waals surface area contributed by atoms with Crippen LogP contribution in [0.5, 0.6) is 0 Å². The maximum absolute atomic E-state index is 10.6. The Morgan fingerprint density at radius 2 is 1.68 bits per heavy atom. The molecule has 138 valence electrons. The van der Waals surface area contributed by atoms with Gasteiger partial charge in [-0.1, -0.05) is 38.2 Å². The largest absolute Gasteiger partial charge is 0.356 e. The van der Waals surface area contributed by atoms with Gasteiger partial charge in [-0.3, -0.25) is 4.79 Å². The standard InChI is InChI=1S/C22H34N2O/c1-22(2)12-7-19-10-15-24(16-11-20(19)8-13-22)14-9-18-3-5-21(6-4-18)23-17-25/h7-8,12-13,17-18,21H,3-6,9-11,14-16H2,1-2H3,(H,23,25). The van der Waals surface area contributed by atoms with Crippen molar-refractivity contribution < 1.29 is 4.79 Å². The van der Waals surface area contributed by atoms with Gasteiger partial charge in [-0.25, -0.2) is 0 Å². The third kappa shape index (κ3) is 5.31. The second-order valence-corrected chi connectivity index (χ2v) is 8.67. The van der Waals surface area contributed by atoms with Crippen LogP contribution in [0.4, 0.5) is 0 Å². The Kier molecular flexibility index (Phi) is 6.16. The number of allylic oxidation sites excluding steroid dienone is 4. The molecule has 2 aliphatic carbocycles. The van der Waals surface area contributed by atoms with E-state index in [4.69, 9.17) is 0 Å². The van der Waals surface area contributed by atoms with Crippen LogP contribution in [-0.4, -0.2) is 37.0 Å². The zero-order valence-electron chi connectivity index (χ0n) is 16.0. The second kappa shape index (κ2) is 8.35. The van der Waals surface area contributed by atoms with E-state index >= 15 is 0 Å². The van der Waals surface area contributed by atoms with Gasteiger partial charge in [-0.05, 0) is 68.6 Å². The summed E-state index contributed by atoms with van der Waals surface area (Å²) in [6, 6.07) is 0.426. The summed E-state index contributed by atoms with van der Waals surface area (Å²) in [5, 5.41) is 2.95. The molecule has 3 aliphatic rings. The maximum atomic E-state index is 10.6. The zero-order chi connectivity index (χ0) is 17.7. The van der Waals surface area contributed by atoms with E-state index in [-0.39, 0.29) is 5.41 Å². The van der Waals surface area contributed by atoms with Crippen molar-refractivity contribution in [2.45, 2.75) is 64.8 Å². The molecule has 0 saturated heterocycles. The summed E-state index contributed by atoms with van der Waals surface area (Å²) in [5.41, 5.74) is 3.28. The zero-order valence-corrected chi connectivity index (χ0v) is 16.0. The quantitative estimate of drug-likeness (QED) is 0.759. The normalized spacial score (nSPS) is 29.7. The number of nitrogens with one attached hydrogen (secondary N) is 1. The van der Waals surface area contributed by atoms with Gasteiger partial charge in [0.15, 0.2) is 0 Å². The molecule has 1 N–H and O–H groups in total. The molecule has 1 amide bonds. The van der Waals surface area contributed by atoms with Gasteiger partial charge < -0.3 is 10.2 Å². The van der Waals surface area contributed by atoms with Crippen LogP contribution in [0.25, 0.3) is 0 Å². The second-order valence-electron chi connectivity index (χ2n) is 8.67. The number of amides is 1. The molecule has 1 fully saturated rings. The molecule has 0 bridgehead atoms. The minimum Gasteiger partial charge on any atom is -0.356 e. The third-order valence-corrected chi connectivity index (χ3v) is 6.24. The van der Waals surface area contributed by atoms with Gasteiger partial charge in [0, 0.05) is 24.5 Å². The van der Waals surface area contributed by atoms with Crippen LogP contribution in [0, 0.1) is 11.3 Å². The summed E-state index contributed by atoms with van der Waals surface area (Å²) >= 11 is 0. The Hall–Kier alpha value is -1.35. The van der Waals surface area contributed by atoms with Crippen LogP contribution in [0.2, 0.25) is 0 Å². The molecule has 0 aromatic heterocycles. The molecule has 0 aromatic rings. The molecule has 1 heterocycles. The summed E-state index contributed by atoms with van der Waals surface area (Å²) in [6.45, 7) is 8.17. The molecule has 0 spiro atoms. The highest BCUT2D eigenvalue weighted by molar-refractivity contribution is 5.46. The minimum absolute atomic E-state index is 0.184. The van der Waals surface area contributed by atoms with Crippen molar-refractivity contribution in [3.8, 4) is 0 Å². The first-order chi connectivity index (χ1) is 12.1. The Bertz CT molecular complexity index is 520. The molecule has 0 aromatic carbocycles. The van der Waals surface area contributed by atoms with Crippen molar-refractivity contribution in [1.82, 2.24) is 10.2 Å². The Morgan fingerprint density at radius 3 is 2.24 bits per heavy atom. The van der Waals surface area contributed by atoms with Crippen molar-refractivity contribution in [3.63, 3.8) is 0 Å². The fraction of sp³-hybridized carbons (Fsp3) is 0.682. The van der Waals surface area contributed by atoms with Gasteiger partial charge in [0.2, 0.25) is 6.41 Å². The van der Waals surface area contributed by atoms with E-state index in [0.29, 0.717) is 6.04 Å².